The van der Waals surface area contributed by atoms with Gasteiger partial charge in [0.25, 0.3) is 5.91 Å². The highest BCUT2D eigenvalue weighted by molar-refractivity contribution is 6.33. The molecule has 1 unspecified atom stereocenters. The van der Waals surface area contributed by atoms with Gasteiger partial charge in [0.1, 0.15) is 11.0 Å². The van der Waals surface area contributed by atoms with Crippen LogP contribution in [0.3, 0.4) is 0 Å². The van der Waals surface area contributed by atoms with Crippen molar-refractivity contribution >= 4 is 17.5 Å². The van der Waals surface area contributed by atoms with Crippen molar-refractivity contribution in [3.63, 3.8) is 0 Å². The SMILES string of the molecule is Cc1nn(-c2ccc(F)cc2)c(Cl)c1C(=O)N1CCC(N)C1. The van der Waals surface area contributed by atoms with Gasteiger partial charge < -0.3 is 10.6 Å². The Labute approximate surface area is 132 Å². The fourth-order valence-corrected chi connectivity index (χ4v) is 2.98. The van der Waals surface area contributed by atoms with E-state index in [0.29, 0.717) is 30.0 Å². The summed E-state index contributed by atoms with van der Waals surface area (Å²) < 4.78 is 14.5. The van der Waals surface area contributed by atoms with Crippen LogP contribution in [0, 0.1) is 12.7 Å². The van der Waals surface area contributed by atoms with Crippen molar-refractivity contribution in [2.75, 3.05) is 13.1 Å². The number of likely N-dealkylation sites (tertiary alicyclic amines) is 1. The molecule has 0 aliphatic carbocycles. The number of rotatable bonds is 2. The smallest absolute Gasteiger partial charge is 0.258 e. The minimum atomic E-state index is -0.342. The van der Waals surface area contributed by atoms with E-state index in [4.69, 9.17) is 17.3 Å². The van der Waals surface area contributed by atoms with Crippen LogP contribution < -0.4 is 5.73 Å². The van der Waals surface area contributed by atoms with Crippen LogP contribution in [0.15, 0.2) is 24.3 Å². The van der Waals surface area contributed by atoms with Crippen molar-refractivity contribution in [3.8, 4) is 5.69 Å². The number of halogens is 2. The number of aryl methyl sites for hydroxylation is 1. The van der Waals surface area contributed by atoms with E-state index in [1.54, 1.807) is 24.0 Å². The molecule has 5 nitrogen and oxygen atoms in total. The molecule has 7 heteroatoms. The number of hydrogen-bond donors (Lipinski definition) is 1. The highest BCUT2D eigenvalue weighted by Gasteiger charge is 2.29. The van der Waals surface area contributed by atoms with Crippen LogP contribution in [-0.2, 0) is 0 Å². The molecule has 0 spiro atoms. The van der Waals surface area contributed by atoms with E-state index in [-0.39, 0.29) is 22.9 Å². The van der Waals surface area contributed by atoms with E-state index in [2.05, 4.69) is 5.10 Å². The maximum Gasteiger partial charge on any atom is 0.258 e. The zero-order valence-electron chi connectivity index (χ0n) is 12.1. The number of amides is 1. The zero-order valence-corrected chi connectivity index (χ0v) is 12.8. The van der Waals surface area contributed by atoms with E-state index < -0.39 is 0 Å². The zero-order chi connectivity index (χ0) is 15.9. The van der Waals surface area contributed by atoms with Crippen LogP contribution in [0.25, 0.3) is 5.69 Å². The predicted octanol–water partition coefficient (Wildman–Crippen LogP) is 2.15. The summed E-state index contributed by atoms with van der Waals surface area (Å²) in [5.41, 5.74) is 7.36. The molecule has 1 aromatic carbocycles. The first-order valence-corrected chi connectivity index (χ1v) is 7.41. The molecule has 22 heavy (non-hydrogen) atoms. The molecule has 1 aromatic heterocycles. The van der Waals surface area contributed by atoms with Gasteiger partial charge >= 0.3 is 0 Å². The quantitative estimate of drug-likeness (QED) is 0.921. The normalized spacial score (nSPS) is 18.0. The summed E-state index contributed by atoms with van der Waals surface area (Å²) in [6, 6.07) is 5.78. The lowest BCUT2D eigenvalue weighted by Crippen LogP contribution is -2.32. The number of benzene rings is 1. The van der Waals surface area contributed by atoms with Gasteiger partial charge in [-0.25, -0.2) is 9.07 Å². The molecule has 3 rings (SSSR count). The first-order chi connectivity index (χ1) is 10.5. The molecule has 116 valence electrons. The molecule has 1 aliphatic rings. The van der Waals surface area contributed by atoms with E-state index >= 15 is 0 Å². The molecular weight excluding hydrogens is 307 g/mol. The second kappa shape index (κ2) is 5.70. The fourth-order valence-electron chi connectivity index (χ4n) is 2.63. The second-order valence-electron chi connectivity index (χ2n) is 5.44. The van der Waals surface area contributed by atoms with Crippen molar-refractivity contribution in [1.82, 2.24) is 14.7 Å². The summed E-state index contributed by atoms with van der Waals surface area (Å²) in [5, 5.41) is 4.54. The Balaban J connectivity index is 1.96. The Kier molecular flexibility index (Phi) is 3.88. The Bertz CT molecular complexity index is 713. The van der Waals surface area contributed by atoms with Crippen LogP contribution >= 0.6 is 11.6 Å². The molecular formula is C15H16ClFN4O. The van der Waals surface area contributed by atoms with Crippen LogP contribution in [0.1, 0.15) is 22.5 Å². The highest BCUT2D eigenvalue weighted by Crippen LogP contribution is 2.26. The van der Waals surface area contributed by atoms with Gasteiger partial charge in [0.15, 0.2) is 0 Å². The molecule has 1 aliphatic heterocycles. The lowest BCUT2D eigenvalue weighted by atomic mass is 10.2. The van der Waals surface area contributed by atoms with Gasteiger partial charge in [-0.1, -0.05) is 11.6 Å². The number of hydrogen-bond acceptors (Lipinski definition) is 3. The number of aromatic nitrogens is 2. The second-order valence-corrected chi connectivity index (χ2v) is 5.80. The average molecular weight is 323 g/mol. The third kappa shape index (κ3) is 2.60. The first-order valence-electron chi connectivity index (χ1n) is 7.03. The van der Waals surface area contributed by atoms with Crippen LogP contribution in [0.2, 0.25) is 5.15 Å². The molecule has 0 radical (unpaired) electrons. The van der Waals surface area contributed by atoms with Crippen molar-refractivity contribution in [3.05, 3.63) is 46.5 Å². The number of carbonyl (C=O) groups excluding carboxylic acids is 1. The summed E-state index contributed by atoms with van der Waals surface area (Å²) in [5.74, 6) is -0.505. The summed E-state index contributed by atoms with van der Waals surface area (Å²) in [6.07, 6.45) is 0.786. The van der Waals surface area contributed by atoms with Gasteiger partial charge in [-0.2, -0.15) is 5.10 Å². The maximum atomic E-state index is 13.0. The third-order valence-corrected chi connectivity index (χ3v) is 4.15. The number of nitrogens with two attached hydrogens (primary N) is 1. The maximum absolute atomic E-state index is 13.0. The van der Waals surface area contributed by atoms with E-state index in [1.165, 1.54) is 16.8 Å². The minimum Gasteiger partial charge on any atom is -0.337 e. The minimum absolute atomic E-state index is 0.00942. The Hall–Kier alpha value is -1.92. The van der Waals surface area contributed by atoms with Gasteiger partial charge in [-0.15, -0.1) is 0 Å². The monoisotopic (exact) mass is 322 g/mol. The molecule has 1 atom stereocenters. The van der Waals surface area contributed by atoms with Crippen molar-refractivity contribution < 1.29 is 9.18 Å². The van der Waals surface area contributed by atoms with Gasteiger partial charge in [0, 0.05) is 19.1 Å². The van der Waals surface area contributed by atoms with E-state index in [0.717, 1.165) is 6.42 Å². The van der Waals surface area contributed by atoms with Gasteiger partial charge in [0.05, 0.1) is 16.9 Å². The van der Waals surface area contributed by atoms with Crippen LogP contribution in [-0.4, -0.2) is 39.7 Å². The van der Waals surface area contributed by atoms with E-state index in [1.807, 2.05) is 0 Å². The Morgan fingerprint density at radius 2 is 2.09 bits per heavy atom. The Morgan fingerprint density at radius 1 is 1.41 bits per heavy atom. The molecule has 2 heterocycles. The summed E-state index contributed by atoms with van der Waals surface area (Å²) in [6.45, 7) is 2.88. The largest absolute Gasteiger partial charge is 0.337 e. The molecule has 1 amide bonds. The molecule has 2 N–H and O–H groups in total. The molecule has 1 saturated heterocycles. The standard InChI is InChI=1S/C15H16ClFN4O/c1-9-13(15(22)20-7-6-11(18)8-20)14(16)21(19-9)12-4-2-10(17)3-5-12/h2-5,11H,6-8,18H2,1H3. The third-order valence-electron chi connectivity index (χ3n) is 3.80. The Morgan fingerprint density at radius 3 is 2.68 bits per heavy atom. The van der Waals surface area contributed by atoms with E-state index in [9.17, 15) is 9.18 Å². The number of carbonyl (C=O) groups is 1. The molecule has 2 aromatic rings. The van der Waals surface area contributed by atoms with Gasteiger partial charge in [-0.05, 0) is 37.6 Å². The van der Waals surface area contributed by atoms with Crippen molar-refractivity contribution in [1.29, 1.82) is 0 Å². The topological polar surface area (TPSA) is 64.2 Å². The van der Waals surface area contributed by atoms with Gasteiger partial charge in [0.2, 0.25) is 0 Å². The summed E-state index contributed by atoms with van der Waals surface area (Å²) in [4.78, 5) is 14.3. The fraction of sp³-hybridized carbons (Fsp3) is 0.333. The van der Waals surface area contributed by atoms with Crippen LogP contribution in [0.4, 0.5) is 4.39 Å². The van der Waals surface area contributed by atoms with Gasteiger partial charge in [-0.3, -0.25) is 4.79 Å². The summed E-state index contributed by atoms with van der Waals surface area (Å²) in [7, 11) is 0. The van der Waals surface area contributed by atoms with Crippen molar-refractivity contribution in [2.45, 2.75) is 19.4 Å². The first kappa shape index (κ1) is 15.0. The highest BCUT2D eigenvalue weighted by atomic mass is 35.5. The predicted molar refractivity (Wildman–Crippen MR) is 81.8 cm³/mol. The summed E-state index contributed by atoms with van der Waals surface area (Å²) >= 11 is 6.34. The average Bonchev–Trinajstić information content (AvgIpc) is 3.03. The lowest BCUT2D eigenvalue weighted by molar-refractivity contribution is 0.0790. The van der Waals surface area contributed by atoms with Crippen molar-refractivity contribution in [2.24, 2.45) is 5.73 Å². The number of nitrogens with zero attached hydrogens (tertiary/aromatic N) is 3. The molecule has 0 saturated carbocycles. The molecule has 1 fully saturated rings. The van der Waals surface area contributed by atoms with Crippen LogP contribution in [0.5, 0.6) is 0 Å². The molecule has 0 bridgehead atoms. The lowest BCUT2D eigenvalue weighted by Gasteiger charge is -2.15.